The first-order chi connectivity index (χ1) is 9.69. The van der Waals surface area contributed by atoms with Crippen molar-refractivity contribution in [1.29, 1.82) is 0 Å². The van der Waals surface area contributed by atoms with E-state index < -0.39 is 0 Å². The van der Waals surface area contributed by atoms with Crippen molar-refractivity contribution in [2.24, 2.45) is 0 Å². The van der Waals surface area contributed by atoms with Gasteiger partial charge < -0.3 is 9.64 Å². The minimum atomic E-state index is -0.189. The molecule has 0 radical (unpaired) electrons. The maximum atomic E-state index is 11.1. The Hall–Kier alpha value is -1.40. The number of aryl methyl sites for hydroxylation is 1. The number of methoxy groups -OCH3 is 1. The van der Waals surface area contributed by atoms with Crippen LogP contribution in [0.4, 0.5) is 5.13 Å². The number of anilines is 1. The normalized spacial score (nSPS) is 10.5. The third-order valence-electron chi connectivity index (χ3n) is 2.95. The summed E-state index contributed by atoms with van der Waals surface area (Å²) in [5.41, 5.74) is 0.957. The number of thiophene rings is 1. The summed E-state index contributed by atoms with van der Waals surface area (Å²) < 4.78 is 4.63. The second-order valence-electron chi connectivity index (χ2n) is 4.45. The highest BCUT2D eigenvalue weighted by molar-refractivity contribution is 7.13. The van der Waals surface area contributed by atoms with Crippen LogP contribution in [0.1, 0.15) is 17.0 Å². The van der Waals surface area contributed by atoms with Gasteiger partial charge in [-0.05, 0) is 17.9 Å². The highest BCUT2D eigenvalue weighted by Gasteiger charge is 2.09. The number of carbonyl (C=O) groups excluding carboxylic acids is 1. The van der Waals surface area contributed by atoms with E-state index in [4.69, 9.17) is 0 Å². The number of likely N-dealkylation sites (N-methyl/N-ethyl adjacent to an activating group) is 1. The van der Waals surface area contributed by atoms with Crippen molar-refractivity contribution in [1.82, 2.24) is 4.98 Å². The van der Waals surface area contributed by atoms with Crippen LogP contribution >= 0.6 is 22.7 Å². The van der Waals surface area contributed by atoms with Gasteiger partial charge >= 0.3 is 5.97 Å². The molecule has 0 aliphatic rings. The van der Waals surface area contributed by atoms with Crippen molar-refractivity contribution in [2.45, 2.75) is 19.3 Å². The van der Waals surface area contributed by atoms with Crippen LogP contribution in [0.2, 0.25) is 0 Å². The summed E-state index contributed by atoms with van der Waals surface area (Å²) >= 11 is 3.40. The second kappa shape index (κ2) is 7.40. The van der Waals surface area contributed by atoms with E-state index in [9.17, 15) is 4.79 Å². The lowest BCUT2D eigenvalue weighted by molar-refractivity contribution is -0.140. The minimum absolute atomic E-state index is 0.189. The van der Waals surface area contributed by atoms with Crippen molar-refractivity contribution in [3.63, 3.8) is 0 Å². The van der Waals surface area contributed by atoms with Gasteiger partial charge in [0.05, 0.1) is 19.2 Å². The van der Waals surface area contributed by atoms with Gasteiger partial charge in [-0.3, -0.25) is 4.79 Å². The average Bonchev–Trinajstić information content (AvgIpc) is 3.13. The minimum Gasteiger partial charge on any atom is -0.469 e. The monoisotopic (exact) mass is 310 g/mol. The Balaban J connectivity index is 1.82. The third-order valence-corrected chi connectivity index (χ3v) is 4.89. The van der Waals surface area contributed by atoms with Gasteiger partial charge in [-0.2, -0.15) is 0 Å². The SMILES string of the molecule is COC(=O)CCc1csc(N(C)CCc2cccs2)n1. The van der Waals surface area contributed by atoms with Crippen molar-refractivity contribution in [3.05, 3.63) is 33.5 Å². The van der Waals surface area contributed by atoms with Crippen LogP contribution in [0.3, 0.4) is 0 Å². The standard InChI is InChI=1S/C14H18N2O2S2/c1-16(8-7-12-4-3-9-19-12)14-15-11(10-20-14)5-6-13(17)18-2/h3-4,9-10H,5-8H2,1-2H3. The lowest BCUT2D eigenvalue weighted by Crippen LogP contribution is -2.19. The average molecular weight is 310 g/mol. The molecule has 108 valence electrons. The number of ether oxygens (including phenoxy) is 1. The van der Waals surface area contributed by atoms with E-state index in [1.807, 2.05) is 5.38 Å². The molecule has 2 rings (SSSR count). The predicted molar refractivity (Wildman–Crippen MR) is 83.7 cm³/mol. The maximum absolute atomic E-state index is 11.1. The van der Waals surface area contributed by atoms with Gasteiger partial charge in [-0.1, -0.05) is 6.07 Å². The van der Waals surface area contributed by atoms with Crippen LogP contribution < -0.4 is 4.90 Å². The molecule has 0 N–H and O–H groups in total. The molecule has 0 unspecified atom stereocenters. The number of thiazole rings is 1. The summed E-state index contributed by atoms with van der Waals surface area (Å²) in [6.45, 7) is 0.949. The highest BCUT2D eigenvalue weighted by atomic mass is 32.1. The molecule has 4 nitrogen and oxygen atoms in total. The molecular weight excluding hydrogens is 292 g/mol. The van der Waals surface area contributed by atoms with Crippen LogP contribution in [-0.2, 0) is 22.4 Å². The summed E-state index contributed by atoms with van der Waals surface area (Å²) in [5, 5.41) is 5.12. The molecule has 0 bridgehead atoms. The number of rotatable bonds is 7. The fourth-order valence-corrected chi connectivity index (χ4v) is 3.30. The van der Waals surface area contributed by atoms with Gasteiger partial charge in [0.25, 0.3) is 0 Å². The lowest BCUT2D eigenvalue weighted by Gasteiger charge is -2.14. The van der Waals surface area contributed by atoms with Crippen molar-refractivity contribution in [3.8, 4) is 0 Å². The van der Waals surface area contributed by atoms with E-state index in [0.717, 1.165) is 23.8 Å². The smallest absolute Gasteiger partial charge is 0.305 e. The van der Waals surface area contributed by atoms with E-state index in [1.54, 1.807) is 22.7 Å². The predicted octanol–water partition coefficient (Wildman–Crippen LogP) is 2.99. The molecule has 2 aromatic rings. The Morgan fingerprint density at radius 3 is 2.95 bits per heavy atom. The number of carbonyl (C=O) groups is 1. The summed E-state index contributed by atoms with van der Waals surface area (Å²) in [6, 6.07) is 4.23. The molecule has 20 heavy (non-hydrogen) atoms. The zero-order valence-corrected chi connectivity index (χ0v) is 13.3. The van der Waals surface area contributed by atoms with Gasteiger partial charge in [0.15, 0.2) is 5.13 Å². The fraction of sp³-hybridized carbons (Fsp3) is 0.429. The Labute approximate surface area is 127 Å². The third kappa shape index (κ3) is 4.31. The number of nitrogens with zero attached hydrogens (tertiary/aromatic N) is 2. The number of hydrogen-bond acceptors (Lipinski definition) is 6. The van der Waals surface area contributed by atoms with E-state index in [1.165, 1.54) is 12.0 Å². The molecule has 0 aliphatic heterocycles. The molecule has 6 heteroatoms. The van der Waals surface area contributed by atoms with Gasteiger partial charge in [-0.25, -0.2) is 4.98 Å². The number of esters is 1. The van der Waals surface area contributed by atoms with Gasteiger partial charge in [0, 0.05) is 30.3 Å². The van der Waals surface area contributed by atoms with Gasteiger partial charge in [0.2, 0.25) is 0 Å². The fourth-order valence-electron chi connectivity index (χ4n) is 1.75. The molecule has 2 aromatic heterocycles. The van der Waals surface area contributed by atoms with E-state index in [2.05, 4.69) is 39.2 Å². The van der Waals surface area contributed by atoms with Crippen LogP contribution in [0.5, 0.6) is 0 Å². The quantitative estimate of drug-likeness (QED) is 0.737. The molecular formula is C14H18N2O2S2. The summed E-state index contributed by atoms with van der Waals surface area (Å²) in [5.74, 6) is -0.189. The van der Waals surface area contributed by atoms with E-state index in [0.29, 0.717) is 12.8 Å². The molecule has 0 saturated carbocycles. The molecule has 0 atom stereocenters. The first-order valence-corrected chi connectivity index (χ1v) is 8.19. The van der Waals surface area contributed by atoms with Gasteiger partial charge in [0.1, 0.15) is 0 Å². The van der Waals surface area contributed by atoms with E-state index >= 15 is 0 Å². The molecule has 0 saturated heterocycles. The molecule has 0 aromatic carbocycles. The molecule has 0 spiro atoms. The largest absolute Gasteiger partial charge is 0.469 e. The first kappa shape index (κ1) is 15.0. The Morgan fingerprint density at radius 1 is 1.40 bits per heavy atom. The second-order valence-corrected chi connectivity index (χ2v) is 6.32. The van der Waals surface area contributed by atoms with Crippen molar-refractivity contribution in [2.75, 3.05) is 25.6 Å². The Bertz CT molecular complexity index is 537. The Morgan fingerprint density at radius 2 is 2.25 bits per heavy atom. The molecule has 0 fully saturated rings. The van der Waals surface area contributed by atoms with Crippen LogP contribution in [0.15, 0.2) is 22.9 Å². The maximum Gasteiger partial charge on any atom is 0.305 e. The highest BCUT2D eigenvalue weighted by Crippen LogP contribution is 2.21. The van der Waals surface area contributed by atoms with Crippen molar-refractivity contribution >= 4 is 33.8 Å². The summed E-state index contributed by atoms with van der Waals surface area (Å²) in [4.78, 5) is 19.2. The zero-order valence-electron chi connectivity index (χ0n) is 11.7. The lowest BCUT2D eigenvalue weighted by atomic mass is 10.2. The zero-order chi connectivity index (χ0) is 14.4. The summed E-state index contributed by atoms with van der Waals surface area (Å²) in [6.07, 6.45) is 2.06. The molecule has 0 amide bonds. The molecule has 2 heterocycles. The van der Waals surface area contributed by atoms with Crippen LogP contribution in [0, 0.1) is 0 Å². The first-order valence-electron chi connectivity index (χ1n) is 6.44. The summed E-state index contributed by atoms with van der Waals surface area (Å²) in [7, 11) is 3.46. The topological polar surface area (TPSA) is 42.4 Å². The van der Waals surface area contributed by atoms with Crippen LogP contribution in [-0.4, -0.2) is 31.7 Å². The number of hydrogen-bond donors (Lipinski definition) is 0. The van der Waals surface area contributed by atoms with Crippen molar-refractivity contribution < 1.29 is 9.53 Å². The van der Waals surface area contributed by atoms with Gasteiger partial charge in [-0.15, -0.1) is 22.7 Å². The Kier molecular flexibility index (Phi) is 5.55. The molecule has 0 aliphatic carbocycles. The van der Waals surface area contributed by atoms with E-state index in [-0.39, 0.29) is 5.97 Å². The van der Waals surface area contributed by atoms with Crippen LogP contribution in [0.25, 0.3) is 0 Å². The number of aromatic nitrogens is 1.